The number of piperazine rings is 1. The van der Waals surface area contributed by atoms with E-state index in [1.807, 2.05) is 4.90 Å². The standard InChI is InChI=1S/C13H24N2O.ClH/c1-11(10-12-4-2-3-5-12)13(16)15-8-6-14-7-9-15;/h11-12,14H,2-10H2,1H3;1H. The van der Waals surface area contributed by atoms with E-state index in [2.05, 4.69) is 12.2 Å². The predicted octanol–water partition coefficient (Wildman–Crippen LogP) is 2.06. The zero-order valence-electron chi connectivity index (χ0n) is 10.8. The number of halogens is 1. The first kappa shape index (κ1) is 14.8. The van der Waals surface area contributed by atoms with E-state index < -0.39 is 0 Å². The molecule has 4 heteroatoms. The highest BCUT2D eigenvalue weighted by Crippen LogP contribution is 2.30. The summed E-state index contributed by atoms with van der Waals surface area (Å²) in [5.41, 5.74) is 0. The van der Waals surface area contributed by atoms with Gasteiger partial charge in [-0.2, -0.15) is 0 Å². The van der Waals surface area contributed by atoms with E-state index in [-0.39, 0.29) is 18.3 Å². The van der Waals surface area contributed by atoms with Crippen molar-refractivity contribution in [1.82, 2.24) is 10.2 Å². The molecule has 1 unspecified atom stereocenters. The van der Waals surface area contributed by atoms with Crippen LogP contribution >= 0.6 is 12.4 Å². The van der Waals surface area contributed by atoms with Gasteiger partial charge in [-0.25, -0.2) is 0 Å². The minimum atomic E-state index is 0. The lowest BCUT2D eigenvalue weighted by Gasteiger charge is -2.30. The fourth-order valence-electron chi connectivity index (χ4n) is 3.04. The SMILES string of the molecule is CC(CC1CCCC1)C(=O)N1CCNCC1.Cl. The second-order valence-electron chi connectivity index (χ2n) is 5.36. The summed E-state index contributed by atoms with van der Waals surface area (Å²) in [6.07, 6.45) is 6.56. The molecule has 2 fully saturated rings. The maximum atomic E-state index is 12.2. The number of nitrogens with zero attached hydrogens (tertiary/aromatic N) is 1. The highest BCUT2D eigenvalue weighted by Gasteiger charge is 2.25. The summed E-state index contributed by atoms with van der Waals surface area (Å²) in [6, 6.07) is 0. The number of carbonyl (C=O) groups is 1. The van der Waals surface area contributed by atoms with Crippen molar-refractivity contribution in [3.05, 3.63) is 0 Å². The third kappa shape index (κ3) is 4.14. The molecule has 1 saturated carbocycles. The van der Waals surface area contributed by atoms with Gasteiger partial charge < -0.3 is 10.2 Å². The van der Waals surface area contributed by atoms with E-state index >= 15 is 0 Å². The Bertz CT molecular complexity index is 236. The average molecular weight is 261 g/mol. The van der Waals surface area contributed by atoms with Crippen molar-refractivity contribution in [2.24, 2.45) is 11.8 Å². The normalized spacial score (nSPS) is 23.2. The number of hydrogen-bond acceptors (Lipinski definition) is 2. The van der Waals surface area contributed by atoms with E-state index in [9.17, 15) is 4.79 Å². The fraction of sp³-hybridized carbons (Fsp3) is 0.923. The molecule has 1 saturated heterocycles. The van der Waals surface area contributed by atoms with Gasteiger partial charge in [-0.05, 0) is 12.3 Å². The number of nitrogens with one attached hydrogen (secondary N) is 1. The van der Waals surface area contributed by atoms with Crippen LogP contribution in [0, 0.1) is 11.8 Å². The Kier molecular flexibility index (Phi) is 6.28. The smallest absolute Gasteiger partial charge is 0.225 e. The number of amides is 1. The summed E-state index contributed by atoms with van der Waals surface area (Å²) < 4.78 is 0. The first-order chi connectivity index (χ1) is 7.77. The molecule has 3 nitrogen and oxygen atoms in total. The van der Waals surface area contributed by atoms with Crippen LogP contribution in [0.15, 0.2) is 0 Å². The van der Waals surface area contributed by atoms with Gasteiger partial charge in [-0.3, -0.25) is 4.79 Å². The molecule has 1 amide bonds. The zero-order valence-corrected chi connectivity index (χ0v) is 11.6. The Morgan fingerprint density at radius 2 is 1.88 bits per heavy atom. The van der Waals surface area contributed by atoms with Crippen molar-refractivity contribution < 1.29 is 4.79 Å². The summed E-state index contributed by atoms with van der Waals surface area (Å²) in [4.78, 5) is 14.2. The van der Waals surface area contributed by atoms with Crippen molar-refractivity contribution in [2.75, 3.05) is 26.2 Å². The van der Waals surface area contributed by atoms with Gasteiger partial charge in [-0.1, -0.05) is 32.6 Å². The molecule has 0 aromatic rings. The quantitative estimate of drug-likeness (QED) is 0.843. The summed E-state index contributed by atoms with van der Waals surface area (Å²) in [5.74, 6) is 1.44. The summed E-state index contributed by atoms with van der Waals surface area (Å²) in [5, 5.41) is 3.29. The largest absolute Gasteiger partial charge is 0.340 e. The van der Waals surface area contributed by atoms with Crippen molar-refractivity contribution >= 4 is 18.3 Å². The lowest BCUT2D eigenvalue weighted by molar-refractivity contribution is -0.136. The van der Waals surface area contributed by atoms with Gasteiger partial charge in [0.1, 0.15) is 0 Å². The Balaban J connectivity index is 0.00000144. The average Bonchev–Trinajstić information content (AvgIpc) is 2.82. The minimum absolute atomic E-state index is 0. The van der Waals surface area contributed by atoms with Crippen LogP contribution in [0.25, 0.3) is 0 Å². The second-order valence-corrected chi connectivity index (χ2v) is 5.36. The van der Waals surface area contributed by atoms with E-state index in [0.29, 0.717) is 5.91 Å². The van der Waals surface area contributed by atoms with E-state index in [1.54, 1.807) is 0 Å². The predicted molar refractivity (Wildman–Crippen MR) is 72.4 cm³/mol. The highest BCUT2D eigenvalue weighted by molar-refractivity contribution is 5.85. The van der Waals surface area contributed by atoms with Gasteiger partial charge in [0.15, 0.2) is 0 Å². The molecule has 0 aromatic heterocycles. The summed E-state index contributed by atoms with van der Waals surface area (Å²) in [7, 11) is 0. The summed E-state index contributed by atoms with van der Waals surface area (Å²) in [6.45, 7) is 5.83. The zero-order chi connectivity index (χ0) is 11.4. The Labute approximate surface area is 111 Å². The first-order valence-electron chi connectivity index (χ1n) is 6.77. The minimum Gasteiger partial charge on any atom is -0.340 e. The van der Waals surface area contributed by atoms with Crippen LogP contribution < -0.4 is 5.32 Å². The maximum absolute atomic E-state index is 12.2. The molecule has 0 aromatic carbocycles. The third-order valence-electron chi connectivity index (χ3n) is 4.01. The van der Waals surface area contributed by atoms with Gasteiger partial charge in [0.25, 0.3) is 0 Å². The molecule has 17 heavy (non-hydrogen) atoms. The molecule has 1 heterocycles. The van der Waals surface area contributed by atoms with Crippen LogP contribution in [-0.2, 0) is 4.79 Å². The van der Waals surface area contributed by atoms with Gasteiger partial charge in [0.2, 0.25) is 5.91 Å². The van der Waals surface area contributed by atoms with Crippen LogP contribution in [0.5, 0.6) is 0 Å². The monoisotopic (exact) mass is 260 g/mol. The second kappa shape index (κ2) is 7.22. The molecule has 0 spiro atoms. The third-order valence-corrected chi connectivity index (χ3v) is 4.01. The molecule has 1 N–H and O–H groups in total. The molecular weight excluding hydrogens is 236 g/mol. The Hall–Kier alpha value is -0.280. The maximum Gasteiger partial charge on any atom is 0.225 e. The molecule has 2 aliphatic rings. The van der Waals surface area contributed by atoms with Gasteiger partial charge in [0, 0.05) is 32.1 Å². The Morgan fingerprint density at radius 3 is 2.47 bits per heavy atom. The Morgan fingerprint density at radius 1 is 1.29 bits per heavy atom. The van der Waals surface area contributed by atoms with Crippen molar-refractivity contribution in [3.63, 3.8) is 0 Å². The first-order valence-corrected chi connectivity index (χ1v) is 6.77. The number of rotatable bonds is 3. The molecule has 100 valence electrons. The number of carbonyl (C=O) groups excluding carboxylic acids is 1. The fourth-order valence-corrected chi connectivity index (χ4v) is 3.04. The molecule has 1 aliphatic heterocycles. The van der Waals surface area contributed by atoms with Gasteiger partial charge in [-0.15, -0.1) is 12.4 Å². The molecule has 1 atom stereocenters. The van der Waals surface area contributed by atoms with E-state index in [4.69, 9.17) is 0 Å². The van der Waals surface area contributed by atoms with E-state index in [1.165, 1.54) is 25.7 Å². The van der Waals surface area contributed by atoms with Crippen LogP contribution in [0.1, 0.15) is 39.0 Å². The lowest BCUT2D eigenvalue weighted by atomic mass is 9.93. The summed E-state index contributed by atoms with van der Waals surface area (Å²) >= 11 is 0. The van der Waals surface area contributed by atoms with Crippen LogP contribution in [-0.4, -0.2) is 37.0 Å². The molecule has 0 radical (unpaired) electrons. The molecule has 0 bridgehead atoms. The number of hydrogen-bond donors (Lipinski definition) is 1. The van der Waals surface area contributed by atoms with Gasteiger partial charge >= 0.3 is 0 Å². The van der Waals surface area contributed by atoms with Crippen LogP contribution in [0.3, 0.4) is 0 Å². The molecule has 2 rings (SSSR count). The van der Waals surface area contributed by atoms with Crippen molar-refractivity contribution in [1.29, 1.82) is 0 Å². The lowest BCUT2D eigenvalue weighted by Crippen LogP contribution is -2.48. The van der Waals surface area contributed by atoms with Crippen LogP contribution in [0.2, 0.25) is 0 Å². The van der Waals surface area contributed by atoms with Crippen molar-refractivity contribution in [2.45, 2.75) is 39.0 Å². The van der Waals surface area contributed by atoms with Gasteiger partial charge in [0.05, 0.1) is 0 Å². The van der Waals surface area contributed by atoms with E-state index in [0.717, 1.165) is 38.5 Å². The van der Waals surface area contributed by atoms with Crippen LogP contribution in [0.4, 0.5) is 0 Å². The molecule has 1 aliphatic carbocycles. The topological polar surface area (TPSA) is 32.3 Å². The van der Waals surface area contributed by atoms with Crippen molar-refractivity contribution in [3.8, 4) is 0 Å². The highest BCUT2D eigenvalue weighted by atomic mass is 35.5. The molecular formula is C13H25ClN2O.